The zero-order valence-corrected chi connectivity index (χ0v) is 18.8. The first-order valence-electron chi connectivity index (χ1n) is 11.7. The summed E-state index contributed by atoms with van der Waals surface area (Å²) < 4.78 is 6.32. The predicted octanol–water partition coefficient (Wildman–Crippen LogP) is 3.71. The molecule has 1 amide bonds. The average Bonchev–Trinajstić information content (AvgIpc) is 3.53. The van der Waals surface area contributed by atoms with Crippen LogP contribution in [0.3, 0.4) is 0 Å². The zero-order chi connectivity index (χ0) is 22.1. The Morgan fingerprint density at radius 3 is 3.00 bits per heavy atom. The van der Waals surface area contributed by atoms with Crippen LogP contribution in [0.25, 0.3) is 11.0 Å². The molecular weight excluding hydrogens is 402 g/mol. The highest BCUT2D eigenvalue weighted by atomic mass is 16.5. The van der Waals surface area contributed by atoms with Crippen LogP contribution in [0.5, 0.6) is 5.75 Å². The van der Waals surface area contributed by atoms with E-state index in [9.17, 15) is 4.79 Å². The monoisotopic (exact) mass is 433 g/mol. The molecule has 0 spiro atoms. The summed E-state index contributed by atoms with van der Waals surface area (Å²) in [6.07, 6.45) is 9.91. The number of piperidine rings is 1. The first-order chi connectivity index (χ1) is 15.6. The maximum atomic E-state index is 13.6. The van der Waals surface area contributed by atoms with Crippen molar-refractivity contribution >= 4 is 16.9 Å². The van der Waals surface area contributed by atoms with Crippen LogP contribution < -0.4 is 15.4 Å². The molecule has 3 N–H and O–H groups in total. The van der Waals surface area contributed by atoms with E-state index in [0.717, 1.165) is 49.2 Å². The lowest BCUT2D eigenvalue weighted by atomic mass is 9.77. The maximum absolute atomic E-state index is 13.6. The van der Waals surface area contributed by atoms with Crippen molar-refractivity contribution in [3.8, 4) is 5.75 Å². The molecule has 2 atom stereocenters. The van der Waals surface area contributed by atoms with Crippen LogP contribution in [0, 0.1) is 5.92 Å². The number of H-pyrrole nitrogens is 1. The second-order valence-corrected chi connectivity index (χ2v) is 9.27. The summed E-state index contributed by atoms with van der Waals surface area (Å²) >= 11 is 0. The Kier molecular flexibility index (Phi) is 5.59. The van der Waals surface area contributed by atoms with Gasteiger partial charge in [0.1, 0.15) is 17.6 Å². The molecule has 168 valence electrons. The number of aromatic nitrogens is 3. The lowest BCUT2D eigenvalue weighted by Gasteiger charge is -2.42. The van der Waals surface area contributed by atoms with Crippen LogP contribution in [-0.4, -0.2) is 40.1 Å². The highest BCUT2D eigenvalue weighted by Crippen LogP contribution is 2.40. The molecular formula is C25H31N5O2. The summed E-state index contributed by atoms with van der Waals surface area (Å²) in [6.45, 7) is 5.91. The number of hydrogen-bond donors (Lipinski definition) is 3. The zero-order valence-electron chi connectivity index (χ0n) is 18.8. The Labute approximate surface area is 188 Å². The number of carbonyl (C=O) groups is 1. The third kappa shape index (κ3) is 4.09. The smallest absolute Gasteiger partial charge is 0.255 e. The van der Waals surface area contributed by atoms with Gasteiger partial charge in [-0.05, 0) is 69.2 Å². The van der Waals surface area contributed by atoms with Crippen LogP contribution in [0.15, 0.2) is 36.9 Å². The number of nitrogens with zero attached hydrogens (tertiary/aromatic N) is 2. The molecule has 1 saturated carbocycles. The summed E-state index contributed by atoms with van der Waals surface area (Å²) in [5.74, 6) is 1.43. The van der Waals surface area contributed by atoms with Crippen molar-refractivity contribution in [1.82, 2.24) is 25.6 Å². The van der Waals surface area contributed by atoms with E-state index in [4.69, 9.17) is 4.74 Å². The molecule has 32 heavy (non-hydrogen) atoms. The SMILES string of the molecule is CCc1ccc(OCC2CC2)c(C2(NC(=O)c3c[nH]c4cncnc34)CCNC(C)C2)c1. The summed E-state index contributed by atoms with van der Waals surface area (Å²) in [5, 5.41) is 6.96. The Bertz CT molecular complexity index is 1120. The van der Waals surface area contributed by atoms with Gasteiger partial charge >= 0.3 is 0 Å². The fraction of sp³-hybridized carbons (Fsp3) is 0.480. The van der Waals surface area contributed by atoms with Gasteiger partial charge in [0.2, 0.25) is 0 Å². The van der Waals surface area contributed by atoms with Crippen LogP contribution in [0.1, 0.15) is 61.0 Å². The molecule has 7 nitrogen and oxygen atoms in total. The topological polar surface area (TPSA) is 91.9 Å². The van der Waals surface area contributed by atoms with E-state index in [1.165, 1.54) is 24.7 Å². The van der Waals surface area contributed by atoms with Crippen molar-refractivity contribution in [1.29, 1.82) is 0 Å². The van der Waals surface area contributed by atoms with Crippen LogP contribution in [-0.2, 0) is 12.0 Å². The van der Waals surface area contributed by atoms with Gasteiger partial charge in [-0.3, -0.25) is 4.79 Å². The standard InChI is InChI=1S/C25H31N5O2/c1-3-17-6-7-22(32-14-18-4-5-18)20(10-17)25(8-9-27-16(2)11-25)30-24(31)19-12-28-21-13-26-15-29-23(19)21/h6-7,10,12-13,15-16,18,27-28H,3-5,8-9,11,14H2,1-2H3,(H,30,31). The first kappa shape index (κ1) is 20.9. The van der Waals surface area contributed by atoms with Crippen molar-refractivity contribution < 1.29 is 9.53 Å². The Morgan fingerprint density at radius 2 is 2.22 bits per heavy atom. The molecule has 2 aliphatic rings. The number of hydrogen-bond acceptors (Lipinski definition) is 5. The molecule has 1 aliphatic heterocycles. The lowest BCUT2D eigenvalue weighted by Crippen LogP contribution is -2.55. The molecule has 5 rings (SSSR count). The van der Waals surface area contributed by atoms with Crippen molar-refractivity contribution in [2.75, 3.05) is 13.2 Å². The molecule has 3 aromatic rings. The van der Waals surface area contributed by atoms with E-state index in [0.29, 0.717) is 17.0 Å². The predicted molar refractivity (Wildman–Crippen MR) is 124 cm³/mol. The van der Waals surface area contributed by atoms with E-state index in [1.54, 1.807) is 12.4 Å². The van der Waals surface area contributed by atoms with Gasteiger partial charge < -0.3 is 20.4 Å². The highest BCUT2D eigenvalue weighted by Gasteiger charge is 2.41. The largest absolute Gasteiger partial charge is 0.493 e. The average molecular weight is 434 g/mol. The molecule has 2 fully saturated rings. The number of rotatable bonds is 7. The number of ether oxygens (including phenoxy) is 1. The fourth-order valence-corrected chi connectivity index (χ4v) is 4.77. The third-order valence-corrected chi connectivity index (χ3v) is 6.78. The van der Waals surface area contributed by atoms with Crippen molar-refractivity contribution in [3.05, 3.63) is 53.6 Å². The van der Waals surface area contributed by atoms with Gasteiger partial charge in [0.05, 0.1) is 29.4 Å². The van der Waals surface area contributed by atoms with Gasteiger partial charge in [0.15, 0.2) is 0 Å². The number of carbonyl (C=O) groups excluding carboxylic acids is 1. The second kappa shape index (κ2) is 8.54. The number of aromatic amines is 1. The highest BCUT2D eigenvalue weighted by molar-refractivity contribution is 6.05. The van der Waals surface area contributed by atoms with Gasteiger partial charge in [-0.2, -0.15) is 0 Å². The number of amides is 1. The summed E-state index contributed by atoms with van der Waals surface area (Å²) in [4.78, 5) is 25.0. The number of nitrogens with one attached hydrogen (secondary N) is 3. The Hall–Kier alpha value is -2.93. The molecule has 3 heterocycles. The number of aryl methyl sites for hydroxylation is 1. The minimum atomic E-state index is -0.511. The van der Waals surface area contributed by atoms with Gasteiger partial charge in [0, 0.05) is 17.8 Å². The van der Waals surface area contributed by atoms with Gasteiger partial charge in [0.25, 0.3) is 5.91 Å². The van der Waals surface area contributed by atoms with Crippen LogP contribution >= 0.6 is 0 Å². The van der Waals surface area contributed by atoms with Crippen LogP contribution in [0.4, 0.5) is 0 Å². The van der Waals surface area contributed by atoms with Crippen molar-refractivity contribution in [3.63, 3.8) is 0 Å². The van der Waals surface area contributed by atoms with E-state index in [-0.39, 0.29) is 11.9 Å². The normalized spacial score (nSPS) is 23.2. The third-order valence-electron chi connectivity index (χ3n) is 6.78. The molecule has 7 heteroatoms. The first-order valence-corrected chi connectivity index (χ1v) is 11.7. The van der Waals surface area contributed by atoms with Gasteiger partial charge in [-0.1, -0.05) is 13.0 Å². The van der Waals surface area contributed by atoms with E-state index in [1.807, 2.05) is 0 Å². The van der Waals surface area contributed by atoms with Crippen LogP contribution in [0.2, 0.25) is 0 Å². The quantitative estimate of drug-likeness (QED) is 0.528. The molecule has 0 bridgehead atoms. The lowest BCUT2D eigenvalue weighted by molar-refractivity contribution is 0.0856. The van der Waals surface area contributed by atoms with Crippen molar-refractivity contribution in [2.24, 2.45) is 5.92 Å². The Morgan fingerprint density at radius 1 is 1.34 bits per heavy atom. The minimum Gasteiger partial charge on any atom is -0.493 e. The second-order valence-electron chi connectivity index (χ2n) is 9.27. The maximum Gasteiger partial charge on any atom is 0.255 e. The molecule has 1 aliphatic carbocycles. The summed E-state index contributed by atoms with van der Waals surface area (Å²) in [5.41, 5.74) is 3.77. The Balaban J connectivity index is 1.54. The number of benzene rings is 1. The fourth-order valence-electron chi connectivity index (χ4n) is 4.77. The molecule has 0 radical (unpaired) electrons. The van der Waals surface area contributed by atoms with Gasteiger partial charge in [-0.25, -0.2) is 9.97 Å². The molecule has 2 aromatic heterocycles. The summed E-state index contributed by atoms with van der Waals surface area (Å²) in [6, 6.07) is 6.74. The van der Waals surface area contributed by atoms with E-state index >= 15 is 0 Å². The molecule has 1 aromatic carbocycles. The summed E-state index contributed by atoms with van der Waals surface area (Å²) in [7, 11) is 0. The number of fused-ring (bicyclic) bond motifs is 1. The van der Waals surface area contributed by atoms with Gasteiger partial charge in [-0.15, -0.1) is 0 Å². The minimum absolute atomic E-state index is 0.126. The molecule has 1 saturated heterocycles. The molecule has 2 unspecified atom stereocenters. The van der Waals surface area contributed by atoms with Crippen molar-refractivity contribution in [2.45, 2.75) is 57.5 Å². The van der Waals surface area contributed by atoms with E-state index < -0.39 is 5.54 Å². The van der Waals surface area contributed by atoms with E-state index in [2.05, 4.69) is 57.6 Å².